The van der Waals surface area contributed by atoms with Gasteiger partial charge in [0.2, 0.25) is 0 Å². The van der Waals surface area contributed by atoms with Gasteiger partial charge in [0.1, 0.15) is 5.69 Å². The number of nitrogens with one attached hydrogen (secondary N) is 1. The average molecular weight is 368 g/mol. The molecule has 0 radical (unpaired) electrons. The summed E-state index contributed by atoms with van der Waals surface area (Å²) in [6.07, 6.45) is 6.90. The lowest BCUT2D eigenvalue weighted by atomic mass is 10.0. The molecule has 0 bridgehead atoms. The number of aromatic nitrogens is 5. The van der Waals surface area contributed by atoms with Crippen molar-refractivity contribution in [1.82, 2.24) is 30.1 Å². The standard InChI is InChI=1S/C18H20N6OS/c25-18(17-14-2-1-3-15(14)19-21-17)23-7-4-13(5-8-23)24-10-16(20-22-24)12-6-9-26-11-12/h6,9-11,13H,1-5,7-8H2,(H,19,21). The van der Waals surface area contributed by atoms with Gasteiger partial charge in [-0.3, -0.25) is 9.89 Å². The van der Waals surface area contributed by atoms with Gasteiger partial charge in [0.05, 0.1) is 12.2 Å². The first kappa shape index (κ1) is 15.7. The number of amides is 1. The Morgan fingerprint density at radius 3 is 2.96 bits per heavy atom. The first-order chi connectivity index (χ1) is 12.8. The molecule has 0 atom stereocenters. The van der Waals surface area contributed by atoms with Gasteiger partial charge in [0.25, 0.3) is 5.91 Å². The predicted octanol–water partition coefficient (Wildman–Crippen LogP) is 2.70. The summed E-state index contributed by atoms with van der Waals surface area (Å²) in [5.74, 6) is 0.0698. The first-order valence-corrected chi connectivity index (χ1v) is 10.0. The van der Waals surface area contributed by atoms with Crippen molar-refractivity contribution in [2.75, 3.05) is 13.1 Å². The molecular weight excluding hydrogens is 348 g/mol. The second kappa shape index (κ2) is 6.35. The van der Waals surface area contributed by atoms with E-state index in [9.17, 15) is 4.79 Å². The van der Waals surface area contributed by atoms with Gasteiger partial charge in [0.15, 0.2) is 5.69 Å². The van der Waals surface area contributed by atoms with Crippen LogP contribution in [-0.4, -0.2) is 49.1 Å². The number of carbonyl (C=O) groups excluding carboxylic acids is 1. The van der Waals surface area contributed by atoms with Crippen molar-refractivity contribution in [3.8, 4) is 11.3 Å². The SMILES string of the molecule is O=C(c1n[nH]c2c1CCC2)N1CCC(n2cc(-c3ccsc3)nn2)CC1. The second-order valence-corrected chi connectivity index (χ2v) is 7.78. The van der Waals surface area contributed by atoms with Crippen molar-refractivity contribution < 1.29 is 4.79 Å². The number of aromatic amines is 1. The molecule has 1 aliphatic heterocycles. The van der Waals surface area contributed by atoms with Crippen molar-refractivity contribution in [2.45, 2.75) is 38.1 Å². The van der Waals surface area contributed by atoms with Gasteiger partial charge < -0.3 is 4.90 Å². The van der Waals surface area contributed by atoms with Crippen molar-refractivity contribution in [3.05, 3.63) is 40.0 Å². The molecule has 1 fully saturated rings. The van der Waals surface area contributed by atoms with Gasteiger partial charge in [-0.2, -0.15) is 16.4 Å². The Morgan fingerprint density at radius 1 is 1.27 bits per heavy atom. The van der Waals surface area contributed by atoms with Gasteiger partial charge in [0, 0.05) is 35.3 Å². The lowest BCUT2D eigenvalue weighted by molar-refractivity contribution is 0.0682. The van der Waals surface area contributed by atoms with Gasteiger partial charge in [-0.15, -0.1) is 5.10 Å². The van der Waals surface area contributed by atoms with E-state index in [4.69, 9.17) is 0 Å². The third kappa shape index (κ3) is 2.65. The minimum atomic E-state index is 0.0698. The van der Waals surface area contributed by atoms with Crippen LogP contribution >= 0.6 is 11.3 Å². The maximum absolute atomic E-state index is 12.8. The fourth-order valence-electron chi connectivity index (χ4n) is 3.98. The molecule has 1 N–H and O–H groups in total. The molecule has 134 valence electrons. The van der Waals surface area contributed by atoms with Crippen molar-refractivity contribution >= 4 is 17.2 Å². The number of nitrogens with zero attached hydrogens (tertiary/aromatic N) is 5. The minimum absolute atomic E-state index is 0.0698. The molecule has 7 nitrogen and oxygen atoms in total. The Hall–Kier alpha value is -2.48. The molecule has 3 aromatic rings. The highest BCUT2D eigenvalue weighted by Crippen LogP contribution is 2.28. The fourth-order valence-corrected chi connectivity index (χ4v) is 4.63. The van der Waals surface area contributed by atoms with Crippen LogP contribution < -0.4 is 0 Å². The molecule has 0 spiro atoms. The molecule has 1 amide bonds. The lowest BCUT2D eigenvalue weighted by Gasteiger charge is -2.31. The topological polar surface area (TPSA) is 79.7 Å². The highest BCUT2D eigenvalue weighted by atomic mass is 32.1. The summed E-state index contributed by atoms with van der Waals surface area (Å²) in [6, 6.07) is 2.35. The van der Waals surface area contributed by atoms with Crippen LogP contribution in [0.5, 0.6) is 0 Å². The van der Waals surface area contributed by atoms with Crippen LogP contribution in [0.2, 0.25) is 0 Å². The van der Waals surface area contributed by atoms with Crippen molar-refractivity contribution in [3.63, 3.8) is 0 Å². The summed E-state index contributed by atoms with van der Waals surface area (Å²) in [7, 11) is 0. The molecule has 5 rings (SSSR count). The molecule has 8 heteroatoms. The Kier molecular flexibility index (Phi) is 3.85. The lowest BCUT2D eigenvalue weighted by Crippen LogP contribution is -2.39. The zero-order chi connectivity index (χ0) is 17.5. The van der Waals surface area contributed by atoms with Crippen LogP contribution in [0.4, 0.5) is 0 Å². The number of aryl methyl sites for hydroxylation is 1. The smallest absolute Gasteiger partial charge is 0.274 e. The van der Waals surface area contributed by atoms with Crippen LogP contribution in [0.15, 0.2) is 23.0 Å². The van der Waals surface area contributed by atoms with E-state index < -0.39 is 0 Å². The van der Waals surface area contributed by atoms with E-state index in [1.807, 2.05) is 21.2 Å². The van der Waals surface area contributed by atoms with Crippen LogP contribution in [0, 0.1) is 0 Å². The van der Waals surface area contributed by atoms with E-state index in [1.54, 1.807) is 11.3 Å². The number of likely N-dealkylation sites (tertiary alicyclic amines) is 1. The highest BCUT2D eigenvalue weighted by Gasteiger charge is 2.30. The number of hydrogen-bond acceptors (Lipinski definition) is 5. The third-order valence-corrected chi connectivity index (χ3v) is 6.15. The number of hydrogen-bond donors (Lipinski definition) is 1. The van der Waals surface area contributed by atoms with Crippen LogP contribution in [-0.2, 0) is 12.8 Å². The quantitative estimate of drug-likeness (QED) is 0.771. The molecule has 2 aliphatic rings. The van der Waals surface area contributed by atoms with Crippen LogP contribution in [0.3, 0.4) is 0 Å². The second-order valence-electron chi connectivity index (χ2n) is 7.00. The number of H-pyrrole nitrogens is 1. The summed E-state index contributed by atoms with van der Waals surface area (Å²) in [5, 5.41) is 20.1. The number of rotatable bonds is 3. The van der Waals surface area contributed by atoms with Gasteiger partial charge >= 0.3 is 0 Å². The normalized spacial score (nSPS) is 17.6. The van der Waals surface area contributed by atoms with Crippen molar-refractivity contribution in [1.29, 1.82) is 0 Å². The maximum Gasteiger partial charge on any atom is 0.274 e. The summed E-state index contributed by atoms with van der Waals surface area (Å²) >= 11 is 1.66. The predicted molar refractivity (Wildman–Crippen MR) is 98.1 cm³/mol. The van der Waals surface area contributed by atoms with Gasteiger partial charge in [-0.1, -0.05) is 5.21 Å². The average Bonchev–Trinajstić information content (AvgIpc) is 3.45. The molecule has 1 aliphatic carbocycles. The first-order valence-electron chi connectivity index (χ1n) is 9.09. The zero-order valence-electron chi connectivity index (χ0n) is 14.4. The van der Waals surface area contributed by atoms with E-state index in [0.29, 0.717) is 11.7 Å². The largest absolute Gasteiger partial charge is 0.337 e. The molecule has 0 aromatic carbocycles. The van der Waals surface area contributed by atoms with Crippen molar-refractivity contribution in [2.24, 2.45) is 0 Å². The Morgan fingerprint density at radius 2 is 2.15 bits per heavy atom. The number of piperidine rings is 1. The molecule has 0 unspecified atom stereocenters. The number of carbonyl (C=O) groups is 1. The van der Waals surface area contributed by atoms with E-state index in [1.165, 1.54) is 0 Å². The highest BCUT2D eigenvalue weighted by molar-refractivity contribution is 7.08. The van der Waals surface area contributed by atoms with E-state index in [0.717, 1.165) is 67.7 Å². The summed E-state index contributed by atoms with van der Waals surface area (Å²) in [5.41, 5.74) is 4.94. The molecule has 4 heterocycles. The van der Waals surface area contributed by atoms with E-state index in [2.05, 4.69) is 32.0 Å². The fraction of sp³-hybridized carbons (Fsp3) is 0.444. The van der Waals surface area contributed by atoms with Crippen LogP contribution in [0.25, 0.3) is 11.3 Å². The number of fused-ring (bicyclic) bond motifs is 1. The van der Waals surface area contributed by atoms with Crippen LogP contribution in [0.1, 0.15) is 47.1 Å². The summed E-state index contributed by atoms with van der Waals surface area (Å²) in [6.45, 7) is 1.47. The molecule has 1 saturated heterocycles. The Labute approximate surface area is 155 Å². The molecule has 26 heavy (non-hydrogen) atoms. The Bertz CT molecular complexity index is 920. The Balaban J connectivity index is 1.25. The molecule has 0 saturated carbocycles. The van der Waals surface area contributed by atoms with Gasteiger partial charge in [-0.05, 0) is 43.6 Å². The van der Waals surface area contributed by atoms with Gasteiger partial charge in [-0.25, -0.2) is 4.68 Å². The van der Waals surface area contributed by atoms with E-state index >= 15 is 0 Å². The molecule has 3 aromatic heterocycles. The minimum Gasteiger partial charge on any atom is -0.337 e. The summed E-state index contributed by atoms with van der Waals surface area (Å²) < 4.78 is 1.96. The summed E-state index contributed by atoms with van der Waals surface area (Å²) in [4.78, 5) is 14.8. The monoisotopic (exact) mass is 368 g/mol. The number of thiophene rings is 1. The maximum atomic E-state index is 12.8. The zero-order valence-corrected chi connectivity index (χ0v) is 15.2. The molecular formula is C18H20N6OS. The van der Waals surface area contributed by atoms with E-state index in [-0.39, 0.29) is 5.91 Å². The third-order valence-electron chi connectivity index (χ3n) is 5.46.